The Morgan fingerprint density at radius 2 is 2.15 bits per heavy atom. The van der Waals surface area contributed by atoms with Gasteiger partial charge in [-0.3, -0.25) is 0 Å². The Hall–Kier alpha value is -0.170. The molecule has 0 saturated carbocycles. The van der Waals surface area contributed by atoms with E-state index in [9.17, 15) is 8.42 Å². The summed E-state index contributed by atoms with van der Waals surface area (Å²) in [5.41, 5.74) is 0. The van der Waals surface area contributed by atoms with Crippen molar-refractivity contribution in [3.05, 3.63) is 0 Å². The fourth-order valence-corrected chi connectivity index (χ4v) is 2.76. The maximum Gasteiger partial charge on any atom is 0.279 e. The van der Waals surface area contributed by atoms with Crippen LogP contribution in [0.3, 0.4) is 0 Å². The molecule has 1 rings (SSSR count). The zero-order chi connectivity index (χ0) is 10.1. The van der Waals surface area contributed by atoms with Gasteiger partial charge in [-0.15, -0.1) is 0 Å². The molecule has 0 radical (unpaired) electrons. The molecule has 1 unspecified atom stereocenters. The predicted molar refractivity (Wildman–Crippen MR) is 49.4 cm³/mol. The lowest BCUT2D eigenvalue weighted by molar-refractivity contribution is 0.189. The molecule has 0 aromatic carbocycles. The number of aliphatic hydroxyl groups excluding tert-OH is 1. The van der Waals surface area contributed by atoms with Crippen LogP contribution in [0.1, 0.15) is 20.3 Å². The van der Waals surface area contributed by atoms with Gasteiger partial charge in [-0.25, -0.2) is 0 Å². The van der Waals surface area contributed by atoms with E-state index >= 15 is 0 Å². The van der Waals surface area contributed by atoms with E-state index in [-0.39, 0.29) is 12.6 Å². The van der Waals surface area contributed by atoms with Crippen LogP contribution in [0.5, 0.6) is 0 Å². The SMILES string of the molecule is CC(C)NS(=O)(=O)N1CCC(O)C1. The van der Waals surface area contributed by atoms with E-state index in [1.165, 1.54) is 4.31 Å². The van der Waals surface area contributed by atoms with Crippen LogP contribution in [0.15, 0.2) is 0 Å². The highest BCUT2D eigenvalue weighted by molar-refractivity contribution is 7.87. The molecule has 1 aliphatic heterocycles. The van der Waals surface area contributed by atoms with Gasteiger partial charge in [-0.2, -0.15) is 17.4 Å². The summed E-state index contributed by atoms with van der Waals surface area (Å²) in [6.45, 7) is 4.15. The molecule has 78 valence electrons. The highest BCUT2D eigenvalue weighted by Crippen LogP contribution is 2.12. The first-order valence-corrected chi connectivity index (χ1v) is 5.81. The quantitative estimate of drug-likeness (QED) is 0.644. The molecule has 1 heterocycles. The van der Waals surface area contributed by atoms with E-state index < -0.39 is 16.3 Å². The van der Waals surface area contributed by atoms with Gasteiger partial charge in [0.15, 0.2) is 0 Å². The summed E-state index contributed by atoms with van der Waals surface area (Å²) in [5.74, 6) is 0. The third kappa shape index (κ3) is 2.91. The molecule has 2 N–H and O–H groups in total. The summed E-state index contributed by atoms with van der Waals surface area (Å²) in [7, 11) is -3.37. The molecule has 0 aromatic rings. The van der Waals surface area contributed by atoms with Crippen molar-refractivity contribution in [2.75, 3.05) is 13.1 Å². The van der Waals surface area contributed by atoms with Gasteiger partial charge < -0.3 is 5.11 Å². The average molecular weight is 208 g/mol. The van der Waals surface area contributed by atoms with Crippen molar-refractivity contribution in [1.82, 2.24) is 9.03 Å². The van der Waals surface area contributed by atoms with E-state index in [0.29, 0.717) is 13.0 Å². The standard InChI is InChI=1S/C7H16N2O3S/c1-6(2)8-13(11,12)9-4-3-7(10)5-9/h6-8,10H,3-5H2,1-2H3. The number of nitrogens with one attached hydrogen (secondary N) is 1. The van der Waals surface area contributed by atoms with Gasteiger partial charge in [-0.1, -0.05) is 0 Å². The first-order chi connectivity index (χ1) is 5.92. The number of rotatable bonds is 3. The third-order valence-corrected chi connectivity index (χ3v) is 3.63. The van der Waals surface area contributed by atoms with Crippen LogP contribution in [0.4, 0.5) is 0 Å². The van der Waals surface area contributed by atoms with Gasteiger partial charge in [-0.05, 0) is 20.3 Å². The van der Waals surface area contributed by atoms with Crippen molar-refractivity contribution in [2.24, 2.45) is 0 Å². The minimum absolute atomic E-state index is 0.109. The molecule has 0 aromatic heterocycles. The maximum absolute atomic E-state index is 11.5. The van der Waals surface area contributed by atoms with Crippen LogP contribution in [0, 0.1) is 0 Å². The van der Waals surface area contributed by atoms with Gasteiger partial charge in [0.2, 0.25) is 0 Å². The van der Waals surface area contributed by atoms with E-state index in [0.717, 1.165) is 0 Å². The number of nitrogens with zero attached hydrogens (tertiary/aromatic N) is 1. The van der Waals surface area contributed by atoms with E-state index in [2.05, 4.69) is 4.72 Å². The third-order valence-electron chi connectivity index (χ3n) is 1.85. The Balaban J connectivity index is 2.60. The van der Waals surface area contributed by atoms with Crippen LogP contribution in [-0.4, -0.2) is 43.1 Å². The lowest BCUT2D eigenvalue weighted by Crippen LogP contribution is -2.42. The minimum atomic E-state index is -3.37. The molecule has 1 atom stereocenters. The van der Waals surface area contributed by atoms with Crippen molar-refractivity contribution >= 4 is 10.2 Å². The minimum Gasteiger partial charge on any atom is -0.392 e. The summed E-state index contributed by atoms with van der Waals surface area (Å²) in [4.78, 5) is 0. The van der Waals surface area contributed by atoms with E-state index in [1.54, 1.807) is 13.8 Å². The Morgan fingerprint density at radius 1 is 1.54 bits per heavy atom. The Bertz CT molecular complexity index is 263. The van der Waals surface area contributed by atoms with Crippen LogP contribution in [0.2, 0.25) is 0 Å². The normalized spacial score (nSPS) is 25.7. The second-order valence-corrected chi connectivity index (χ2v) is 5.28. The molecule has 0 amide bonds. The van der Waals surface area contributed by atoms with Crippen molar-refractivity contribution in [2.45, 2.75) is 32.4 Å². The molecule has 1 fully saturated rings. The number of aliphatic hydroxyl groups is 1. The summed E-state index contributed by atoms with van der Waals surface area (Å²) in [6, 6.07) is -0.109. The molecule has 1 saturated heterocycles. The van der Waals surface area contributed by atoms with Crippen LogP contribution in [0.25, 0.3) is 0 Å². The van der Waals surface area contributed by atoms with Crippen molar-refractivity contribution < 1.29 is 13.5 Å². The number of β-amino-alcohol motifs (C(OH)–C–C–N with tert-alkyl or cyclic N) is 1. The smallest absolute Gasteiger partial charge is 0.279 e. The molecule has 0 bridgehead atoms. The molecule has 0 aliphatic carbocycles. The number of hydrogen-bond donors (Lipinski definition) is 2. The van der Waals surface area contributed by atoms with Crippen molar-refractivity contribution in [3.8, 4) is 0 Å². The molecule has 6 heteroatoms. The maximum atomic E-state index is 11.5. The molecule has 0 spiro atoms. The topological polar surface area (TPSA) is 69.6 Å². The summed E-state index contributed by atoms with van der Waals surface area (Å²) < 4.78 is 26.7. The zero-order valence-corrected chi connectivity index (χ0v) is 8.71. The monoisotopic (exact) mass is 208 g/mol. The van der Waals surface area contributed by atoms with Gasteiger partial charge in [0.05, 0.1) is 6.10 Å². The fraction of sp³-hybridized carbons (Fsp3) is 1.00. The number of hydrogen-bond acceptors (Lipinski definition) is 3. The van der Waals surface area contributed by atoms with Crippen LogP contribution in [-0.2, 0) is 10.2 Å². The Kier molecular flexibility index (Phi) is 3.28. The zero-order valence-electron chi connectivity index (χ0n) is 7.90. The van der Waals surface area contributed by atoms with Crippen molar-refractivity contribution in [3.63, 3.8) is 0 Å². The Morgan fingerprint density at radius 3 is 2.54 bits per heavy atom. The highest BCUT2D eigenvalue weighted by Gasteiger charge is 2.30. The summed E-state index contributed by atoms with van der Waals surface area (Å²) in [5, 5.41) is 9.16. The Labute approximate surface area is 78.9 Å². The van der Waals surface area contributed by atoms with Crippen LogP contribution >= 0.6 is 0 Å². The van der Waals surface area contributed by atoms with Gasteiger partial charge >= 0.3 is 0 Å². The first kappa shape index (κ1) is 10.9. The molecule has 13 heavy (non-hydrogen) atoms. The molecule has 5 nitrogen and oxygen atoms in total. The lowest BCUT2D eigenvalue weighted by atomic mass is 10.3. The first-order valence-electron chi connectivity index (χ1n) is 4.37. The van der Waals surface area contributed by atoms with Crippen molar-refractivity contribution in [1.29, 1.82) is 0 Å². The molecule has 1 aliphatic rings. The van der Waals surface area contributed by atoms with E-state index in [4.69, 9.17) is 5.11 Å². The summed E-state index contributed by atoms with van der Waals surface area (Å²) in [6.07, 6.45) is 0.0164. The predicted octanol–water partition coefficient (Wildman–Crippen LogP) is -0.704. The highest BCUT2D eigenvalue weighted by atomic mass is 32.2. The molecular weight excluding hydrogens is 192 g/mol. The van der Waals surface area contributed by atoms with Gasteiger partial charge in [0.1, 0.15) is 0 Å². The van der Waals surface area contributed by atoms with Crippen LogP contribution < -0.4 is 4.72 Å². The van der Waals surface area contributed by atoms with Gasteiger partial charge in [0.25, 0.3) is 10.2 Å². The van der Waals surface area contributed by atoms with Gasteiger partial charge in [0, 0.05) is 19.1 Å². The summed E-state index contributed by atoms with van der Waals surface area (Å²) >= 11 is 0. The lowest BCUT2D eigenvalue weighted by Gasteiger charge is -2.17. The molecular formula is C7H16N2O3S. The van der Waals surface area contributed by atoms with E-state index in [1.807, 2.05) is 0 Å². The second kappa shape index (κ2) is 3.91. The average Bonchev–Trinajstić information content (AvgIpc) is 2.32. The largest absolute Gasteiger partial charge is 0.392 e. The second-order valence-electron chi connectivity index (χ2n) is 3.58. The fourth-order valence-electron chi connectivity index (χ4n) is 1.30.